The predicted molar refractivity (Wildman–Crippen MR) is 137 cm³/mol. The van der Waals surface area contributed by atoms with Crippen LogP contribution in [0.2, 0.25) is 5.15 Å². The highest BCUT2D eigenvalue weighted by atomic mass is 35.5. The Morgan fingerprint density at radius 2 is 1.86 bits per heavy atom. The van der Waals surface area contributed by atoms with Gasteiger partial charge < -0.3 is 15.5 Å². The molecule has 2 saturated carbocycles. The maximum Gasteiger partial charge on any atom is 0.245 e. The van der Waals surface area contributed by atoms with Crippen molar-refractivity contribution in [2.45, 2.75) is 57.7 Å². The number of halogens is 1. The van der Waals surface area contributed by atoms with Gasteiger partial charge in [0.05, 0.1) is 11.9 Å². The van der Waals surface area contributed by atoms with Crippen LogP contribution in [0.4, 0.5) is 5.82 Å². The molecule has 2 aromatic heterocycles. The van der Waals surface area contributed by atoms with Crippen molar-refractivity contribution >= 4 is 51.8 Å². The zero-order chi connectivity index (χ0) is 26.1. The Morgan fingerprint density at radius 1 is 1.08 bits per heavy atom. The second-order valence-electron chi connectivity index (χ2n) is 9.58. The number of hydrogen-bond donors (Lipinski definition) is 2. The molecule has 0 atom stereocenters. The van der Waals surface area contributed by atoms with Crippen LogP contribution < -0.4 is 10.6 Å². The maximum atomic E-state index is 13.3. The van der Waals surface area contributed by atoms with E-state index in [0.717, 1.165) is 31.2 Å². The normalized spacial score (nSPS) is 14.9. The molecule has 11 heteroatoms. The Kier molecular flexibility index (Phi) is 6.92. The smallest absolute Gasteiger partial charge is 0.245 e. The molecule has 2 N–H and O–H groups in total. The number of fused-ring (bicyclic) bond motifs is 1. The maximum absolute atomic E-state index is 13.3. The number of hydrogen-bond acceptors (Lipinski definition) is 6. The molecule has 2 fully saturated rings. The van der Waals surface area contributed by atoms with E-state index in [9.17, 15) is 19.2 Å². The van der Waals surface area contributed by atoms with Gasteiger partial charge in [0.1, 0.15) is 29.8 Å². The minimum atomic E-state index is -0.376. The Balaban J connectivity index is 1.31. The number of anilines is 1. The van der Waals surface area contributed by atoms with Crippen LogP contribution in [0.3, 0.4) is 0 Å². The van der Waals surface area contributed by atoms with Crippen LogP contribution in [0.25, 0.3) is 10.9 Å². The van der Waals surface area contributed by atoms with Gasteiger partial charge in [-0.3, -0.25) is 23.9 Å². The van der Waals surface area contributed by atoms with Gasteiger partial charge in [-0.25, -0.2) is 4.98 Å². The number of benzene rings is 1. The number of pyridine rings is 1. The average molecular weight is 523 g/mol. The molecule has 0 aliphatic heterocycles. The predicted octanol–water partition coefficient (Wildman–Crippen LogP) is 2.74. The summed E-state index contributed by atoms with van der Waals surface area (Å²) in [7, 11) is 0. The fourth-order valence-corrected chi connectivity index (χ4v) is 4.41. The highest BCUT2D eigenvalue weighted by molar-refractivity contribution is 6.29. The van der Waals surface area contributed by atoms with E-state index < -0.39 is 0 Å². The molecule has 37 heavy (non-hydrogen) atoms. The van der Waals surface area contributed by atoms with E-state index in [0.29, 0.717) is 16.7 Å². The highest BCUT2D eigenvalue weighted by Gasteiger charge is 2.34. The molecule has 0 radical (unpaired) electrons. The molecular formula is C26H27ClN6O4. The van der Waals surface area contributed by atoms with Crippen molar-refractivity contribution < 1.29 is 19.2 Å². The number of nitrogens with zero attached hydrogens (tertiary/aromatic N) is 4. The summed E-state index contributed by atoms with van der Waals surface area (Å²) < 4.78 is 1.49. The number of rotatable bonds is 10. The van der Waals surface area contributed by atoms with Crippen molar-refractivity contribution in [3.05, 3.63) is 52.8 Å². The van der Waals surface area contributed by atoms with Crippen molar-refractivity contribution in [1.82, 2.24) is 25.0 Å². The van der Waals surface area contributed by atoms with Gasteiger partial charge in [0.15, 0.2) is 5.78 Å². The van der Waals surface area contributed by atoms with Crippen LogP contribution in [0.15, 0.2) is 36.4 Å². The van der Waals surface area contributed by atoms with Crippen molar-refractivity contribution in [2.75, 3.05) is 11.9 Å². The number of ketones is 1. The van der Waals surface area contributed by atoms with Gasteiger partial charge in [0, 0.05) is 24.4 Å². The molecule has 3 amide bonds. The minimum Gasteiger partial charge on any atom is -0.353 e. The first-order valence-corrected chi connectivity index (χ1v) is 12.7. The van der Waals surface area contributed by atoms with E-state index in [1.807, 2.05) is 6.07 Å². The molecule has 1 aromatic carbocycles. The monoisotopic (exact) mass is 522 g/mol. The number of Topliss-reactive ketones (excluding diaryl/α,β-unsaturated/α-hetero) is 1. The van der Waals surface area contributed by atoms with Crippen molar-refractivity contribution in [3.63, 3.8) is 0 Å². The number of carbonyl (C=O) groups is 4. The summed E-state index contributed by atoms with van der Waals surface area (Å²) in [5.41, 5.74) is 1.63. The second kappa shape index (κ2) is 10.3. The summed E-state index contributed by atoms with van der Waals surface area (Å²) in [6.45, 7) is 1.17. The van der Waals surface area contributed by atoms with Gasteiger partial charge >= 0.3 is 0 Å². The molecule has 2 heterocycles. The first-order valence-electron chi connectivity index (χ1n) is 12.3. The first-order chi connectivity index (χ1) is 17.8. The van der Waals surface area contributed by atoms with Crippen molar-refractivity contribution in [2.24, 2.45) is 0 Å². The first kappa shape index (κ1) is 24.9. The van der Waals surface area contributed by atoms with Gasteiger partial charge in [-0.2, -0.15) is 5.10 Å². The Hall–Kier alpha value is -3.79. The van der Waals surface area contributed by atoms with Crippen molar-refractivity contribution in [1.29, 1.82) is 0 Å². The third kappa shape index (κ3) is 6.14. The zero-order valence-corrected chi connectivity index (χ0v) is 21.1. The molecule has 0 saturated heterocycles. The van der Waals surface area contributed by atoms with Gasteiger partial charge in [-0.05, 0) is 55.5 Å². The zero-order valence-electron chi connectivity index (χ0n) is 20.4. The molecule has 0 bridgehead atoms. The lowest BCUT2D eigenvalue weighted by Gasteiger charge is -2.22. The number of aromatic nitrogens is 3. The van der Waals surface area contributed by atoms with Gasteiger partial charge in [-0.15, -0.1) is 0 Å². The third-order valence-electron chi connectivity index (χ3n) is 6.35. The fraction of sp³-hybridized carbons (Fsp3) is 0.385. The number of carbonyl (C=O) groups excluding carboxylic acids is 4. The summed E-state index contributed by atoms with van der Waals surface area (Å²) in [5, 5.41) is 10.9. The summed E-state index contributed by atoms with van der Waals surface area (Å²) in [4.78, 5) is 56.1. The molecular weight excluding hydrogens is 496 g/mol. The van der Waals surface area contributed by atoms with E-state index in [1.165, 1.54) is 16.5 Å². The molecule has 0 unspecified atom stereocenters. The lowest BCUT2D eigenvalue weighted by molar-refractivity contribution is -0.135. The minimum absolute atomic E-state index is 0.0174. The summed E-state index contributed by atoms with van der Waals surface area (Å²) in [6, 6.07) is 10.5. The van der Waals surface area contributed by atoms with Crippen LogP contribution in [-0.4, -0.2) is 61.8 Å². The second-order valence-corrected chi connectivity index (χ2v) is 9.97. The quantitative estimate of drug-likeness (QED) is 0.311. The molecule has 5 rings (SSSR count). The molecule has 0 spiro atoms. The molecule has 3 aromatic rings. The molecule has 2 aliphatic carbocycles. The van der Waals surface area contributed by atoms with E-state index in [4.69, 9.17) is 11.6 Å². The van der Waals surface area contributed by atoms with Gasteiger partial charge in [-0.1, -0.05) is 23.7 Å². The Labute approximate surface area is 218 Å². The largest absolute Gasteiger partial charge is 0.353 e. The SMILES string of the molecule is CC(=O)c1nn(CC(=O)N(CC(=O)Nc2cccc(Cl)n2)C2CC2)c2ccc(CC(=O)NC3CC3)cc12. The average Bonchev–Trinajstić information content (AvgIpc) is 3.77. The van der Waals surface area contributed by atoms with Crippen LogP contribution in [0.1, 0.15) is 48.7 Å². The van der Waals surface area contributed by atoms with Crippen LogP contribution in [0.5, 0.6) is 0 Å². The Bertz CT molecular complexity index is 1390. The van der Waals surface area contributed by atoms with Gasteiger partial charge in [0.25, 0.3) is 0 Å². The molecule has 2 aliphatic rings. The van der Waals surface area contributed by atoms with E-state index in [2.05, 4.69) is 20.7 Å². The lowest BCUT2D eigenvalue weighted by Crippen LogP contribution is -2.41. The standard InChI is InChI=1S/C26H27ClN6O4/c1-15(34)26-19-11-16(12-23(35)28-17-6-7-17)5-10-20(19)33(31-26)14-25(37)32(18-8-9-18)13-24(36)30-22-4-2-3-21(27)29-22/h2-5,10-11,17-18H,6-9,12-14H2,1H3,(H,28,35)(H,29,30,36). The topological polar surface area (TPSA) is 126 Å². The molecule has 10 nitrogen and oxygen atoms in total. The van der Waals surface area contributed by atoms with Gasteiger partial charge in [0.2, 0.25) is 17.7 Å². The lowest BCUT2D eigenvalue weighted by atomic mass is 10.1. The summed E-state index contributed by atoms with van der Waals surface area (Å²) in [5.74, 6) is -0.627. The van der Waals surface area contributed by atoms with E-state index in [-0.39, 0.29) is 65.9 Å². The molecule has 192 valence electrons. The summed E-state index contributed by atoms with van der Waals surface area (Å²) >= 11 is 5.88. The van der Waals surface area contributed by atoms with E-state index >= 15 is 0 Å². The number of amides is 3. The van der Waals surface area contributed by atoms with Crippen LogP contribution in [0, 0.1) is 0 Å². The Morgan fingerprint density at radius 3 is 2.54 bits per heavy atom. The third-order valence-corrected chi connectivity index (χ3v) is 6.56. The van der Waals surface area contributed by atoms with Crippen molar-refractivity contribution in [3.8, 4) is 0 Å². The van der Waals surface area contributed by atoms with E-state index in [1.54, 1.807) is 30.3 Å². The van der Waals surface area contributed by atoms with Crippen LogP contribution in [-0.2, 0) is 27.3 Å². The summed E-state index contributed by atoms with van der Waals surface area (Å²) in [6.07, 6.45) is 3.87. The van der Waals surface area contributed by atoms with Crippen LogP contribution >= 0.6 is 11.6 Å². The highest BCUT2D eigenvalue weighted by Crippen LogP contribution is 2.28. The number of nitrogens with one attached hydrogen (secondary N) is 2. The fourth-order valence-electron chi connectivity index (χ4n) is 4.25.